The van der Waals surface area contributed by atoms with E-state index in [0.717, 1.165) is 32.2 Å². The number of nitrogens with one attached hydrogen (secondary N) is 1. The zero-order valence-electron chi connectivity index (χ0n) is 13.6. The maximum absolute atomic E-state index is 12.8. The quantitative estimate of drug-likeness (QED) is 0.592. The third-order valence-corrected chi connectivity index (χ3v) is 5.47. The predicted molar refractivity (Wildman–Crippen MR) is 99.7 cm³/mol. The van der Waals surface area contributed by atoms with E-state index in [-0.39, 0.29) is 12.2 Å². The molecule has 1 N–H and O–H groups in total. The molecule has 0 unspecified atom stereocenters. The van der Waals surface area contributed by atoms with Gasteiger partial charge >= 0.3 is 0 Å². The van der Waals surface area contributed by atoms with E-state index in [1.54, 1.807) is 0 Å². The van der Waals surface area contributed by atoms with Crippen molar-refractivity contribution in [1.82, 2.24) is 9.97 Å². The second kappa shape index (κ2) is 6.15. The fourth-order valence-corrected chi connectivity index (χ4v) is 4.20. The molecule has 1 atom stereocenters. The second-order valence-electron chi connectivity index (χ2n) is 6.04. The molecule has 25 heavy (non-hydrogen) atoms. The number of carbonyl (C=O) groups excluding carboxylic acids is 1. The van der Waals surface area contributed by atoms with Crippen LogP contribution in [-0.2, 0) is 11.2 Å². The van der Waals surface area contributed by atoms with Gasteiger partial charge in [-0.2, -0.15) is 5.26 Å². The number of fused-ring (bicyclic) bond motifs is 2. The number of nitriles is 1. The van der Waals surface area contributed by atoms with E-state index in [0.29, 0.717) is 5.01 Å². The van der Waals surface area contributed by atoms with Crippen molar-refractivity contribution >= 4 is 38.2 Å². The second-order valence-corrected chi connectivity index (χ2v) is 7.10. The van der Waals surface area contributed by atoms with Gasteiger partial charge in [-0.3, -0.25) is 4.79 Å². The van der Waals surface area contributed by atoms with E-state index in [1.165, 1.54) is 11.3 Å². The standard InChI is InChI=1S/C20H15N3OS/c1-12-5-4-7-16-19(12)13(11-22-16)9-17(24)14(10-21)20-23-15-6-2-3-8-18(15)25-20/h2-8,11,14,22H,9H2,1H3/t14-/m1/s1. The monoisotopic (exact) mass is 345 g/mol. The Morgan fingerprint density at radius 2 is 2.12 bits per heavy atom. The highest BCUT2D eigenvalue weighted by Crippen LogP contribution is 2.30. The molecule has 0 aliphatic rings. The van der Waals surface area contributed by atoms with Gasteiger partial charge in [0.15, 0.2) is 11.7 Å². The number of thiazole rings is 1. The summed E-state index contributed by atoms with van der Waals surface area (Å²) in [5, 5.41) is 11.2. The lowest BCUT2D eigenvalue weighted by molar-refractivity contribution is -0.118. The van der Waals surface area contributed by atoms with Crippen molar-refractivity contribution in [3.63, 3.8) is 0 Å². The van der Waals surface area contributed by atoms with Crippen molar-refractivity contribution in [2.24, 2.45) is 0 Å². The number of ketones is 1. The third-order valence-electron chi connectivity index (χ3n) is 4.37. The number of H-pyrrole nitrogens is 1. The molecular formula is C20H15N3OS. The molecule has 4 nitrogen and oxygen atoms in total. The number of para-hydroxylation sites is 1. The molecule has 0 radical (unpaired) electrons. The molecule has 0 spiro atoms. The van der Waals surface area contributed by atoms with E-state index in [2.05, 4.69) is 16.0 Å². The van der Waals surface area contributed by atoms with Gasteiger partial charge in [0.2, 0.25) is 0 Å². The van der Waals surface area contributed by atoms with Crippen LogP contribution in [-0.4, -0.2) is 15.8 Å². The van der Waals surface area contributed by atoms with Gasteiger partial charge in [-0.25, -0.2) is 4.98 Å². The van der Waals surface area contributed by atoms with Crippen LogP contribution < -0.4 is 0 Å². The molecule has 2 aromatic carbocycles. The summed E-state index contributed by atoms with van der Waals surface area (Å²) >= 11 is 1.42. The minimum absolute atomic E-state index is 0.120. The molecule has 0 aliphatic heterocycles. The smallest absolute Gasteiger partial charge is 0.161 e. The number of hydrogen-bond donors (Lipinski definition) is 1. The maximum atomic E-state index is 12.8. The van der Waals surface area contributed by atoms with Gasteiger partial charge in [0, 0.05) is 23.5 Å². The van der Waals surface area contributed by atoms with Crippen LogP contribution >= 0.6 is 11.3 Å². The Hall–Kier alpha value is -2.97. The zero-order valence-corrected chi connectivity index (χ0v) is 14.4. The summed E-state index contributed by atoms with van der Waals surface area (Å²) < 4.78 is 0.994. The molecule has 0 saturated heterocycles. The maximum Gasteiger partial charge on any atom is 0.161 e. The summed E-state index contributed by atoms with van der Waals surface area (Å²) in [6.45, 7) is 2.03. The Bertz CT molecular complexity index is 1100. The molecule has 0 amide bonds. The SMILES string of the molecule is Cc1cccc2[nH]cc(CC(=O)[C@@H](C#N)c3nc4ccccc4s3)c12. The zero-order chi connectivity index (χ0) is 17.4. The summed E-state index contributed by atoms with van der Waals surface area (Å²) in [4.78, 5) is 20.5. The Kier molecular flexibility index (Phi) is 3.83. The first-order valence-corrected chi connectivity index (χ1v) is 8.82. The van der Waals surface area contributed by atoms with Crippen LogP contribution in [0.15, 0.2) is 48.7 Å². The van der Waals surface area contributed by atoms with Crippen LogP contribution in [0.5, 0.6) is 0 Å². The highest BCUT2D eigenvalue weighted by atomic mass is 32.1. The molecule has 4 rings (SSSR count). The third kappa shape index (κ3) is 2.71. The minimum Gasteiger partial charge on any atom is -0.361 e. The molecule has 0 saturated carbocycles. The Morgan fingerprint density at radius 3 is 2.92 bits per heavy atom. The Balaban J connectivity index is 1.67. The molecule has 0 aliphatic carbocycles. The largest absolute Gasteiger partial charge is 0.361 e. The van der Waals surface area contributed by atoms with Gasteiger partial charge in [0.1, 0.15) is 5.01 Å². The van der Waals surface area contributed by atoms with Crippen molar-refractivity contribution in [2.45, 2.75) is 19.3 Å². The highest BCUT2D eigenvalue weighted by molar-refractivity contribution is 7.18. The lowest BCUT2D eigenvalue weighted by Gasteiger charge is -2.05. The van der Waals surface area contributed by atoms with Crippen molar-refractivity contribution < 1.29 is 4.79 Å². The molecule has 122 valence electrons. The number of carbonyl (C=O) groups is 1. The first-order chi connectivity index (χ1) is 12.2. The van der Waals surface area contributed by atoms with Gasteiger partial charge < -0.3 is 4.98 Å². The van der Waals surface area contributed by atoms with Crippen molar-refractivity contribution in [1.29, 1.82) is 5.26 Å². The molecule has 0 bridgehead atoms. The molecule has 0 fully saturated rings. The molecule has 2 aromatic heterocycles. The number of Topliss-reactive ketones (excluding diaryl/α,β-unsaturated/α-hetero) is 1. The Labute approximate surface area is 148 Å². The summed E-state index contributed by atoms with van der Waals surface area (Å²) in [5.41, 5.74) is 3.89. The summed E-state index contributed by atoms with van der Waals surface area (Å²) in [5.74, 6) is -0.947. The predicted octanol–water partition coefficient (Wildman–Crippen LogP) is 4.51. The first-order valence-electron chi connectivity index (χ1n) is 8.01. The van der Waals surface area contributed by atoms with E-state index in [9.17, 15) is 10.1 Å². The van der Waals surface area contributed by atoms with Crippen LogP contribution in [0.2, 0.25) is 0 Å². The fourth-order valence-electron chi connectivity index (χ4n) is 3.16. The van der Waals surface area contributed by atoms with E-state index >= 15 is 0 Å². The average Bonchev–Trinajstić information content (AvgIpc) is 3.20. The Morgan fingerprint density at radius 1 is 1.28 bits per heavy atom. The van der Waals surface area contributed by atoms with Gasteiger partial charge in [-0.1, -0.05) is 24.3 Å². The van der Waals surface area contributed by atoms with Crippen LogP contribution in [0.3, 0.4) is 0 Å². The summed E-state index contributed by atoms with van der Waals surface area (Å²) in [7, 11) is 0. The van der Waals surface area contributed by atoms with Crippen molar-refractivity contribution in [3.8, 4) is 6.07 Å². The van der Waals surface area contributed by atoms with Crippen molar-refractivity contribution in [3.05, 3.63) is 64.8 Å². The van der Waals surface area contributed by atoms with E-state index in [4.69, 9.17) is 0 Å². The van der Waals surface area contributed by atoms with Crippen LogP contribution in [0.4, 0.5) is 0 Å². The normalized spacial score (nSPS) is 12.3. The van der Waals surface area contributed by atoms with Gasteiger partial charge in [0.05, 0.1) is 16.3 Å². The van der Waals surface area contributed by atoms with Gasteiger partial charge in [-0.05, 0) is 36.2 Å². The average molecular weight is 345 g/mol. The van der Waals surface area contributed by atoms with E-state index in [1.807, 2.05) is 55.6 Å². The molecule has 4 aromatic rings. The van der Waals surface area contributed by atoms with Crippen LogP contribution in [0.25, 0.3) is 21.1 Å². The number of aromatic amines is 1. The number of nitrogens with zero attached hydrogens (tertiary/aromatic N) is 2. The van der Waals surface area contributed by atoms with Crippen molar-refractivity contribution in [2.75, 3.05) is 0 Å². The van der Waals surface area contributed by atoms with E-state index < -0.39 is 5.92 Å². The summed E-state index contributed by atoms with van der Waals surface area (Å²) in [6, 6.07) is 15.8. The van der Waals surface area contributed by atoms with Gasteiger partial charge in [-0.15, -0.1) is 11.3 Å². The topological polar surface area (TPSA) is 69.5 Å². The van der Waals surface area contributed by atoms with Crippen LogP contribution in [0.1, 0.15) is 22.1 Å². The number of aromatic nitrogens is 2. The minimum atomic E-state index is -0.827. The molecule has 2 heterocycles. The molecule has 5 heteroatoms. The number of aryl methyl sites for hydroxylation is 1. The lowest BCUT2D eigenvalue weighted by atomic mass is 9.97. The fraction of sp³-hybridized carbons (Fsp3) is 0.150. The lowest BCUT2D eigenvalue weighted by Crippen LogP contribution is -2.13. The highest BCUT2D eigenvalue weighted by Gasteiger charge is 2.25. The first kappa shape index (κ1) is 15.6. The molecular weight excluding hydrogens is 330 g/mol. The number of benzene rings is 2. The number of hydrogen-bond acceptors (Lipinski definition) is 4. The van der Waals surface area contributed by atoms with Crippen LogP contribution in [0, 0.1) is 18.3 Å². The summed E-state index contributed by atoms with van der Waals surface area (Å²) in [6.07, 6.45) is 2.08. The van der Waals surface area contributed by atoms with Gasteiger partial charge in [0.25, 0.3) is 0 Å². The number of rotatable bonds is 4.